The number of benzene rings is 1. The Morgan fingerprint density at radius 2 is 2.06 bits per heavy atom. The maximum Gasteiger partial charge on any atom is 0.251 e. The van der Waals surface area contributed by atoms with Gasteiger partial charge in [-0.2, -0.15) is 0 Å². The molecule has 0 unspecified atom stereocenters. The van der Waals surface area contributed by atoms with Gasteiger partial charge < -0.3 is 10.1 Å². The number of rotatable bonds is 5. The Bertz CT molecular complexity index is 540. The van der Waals surface area contributed by atoms with Crippen molar-refractivity contribution in [2.45, 2.75) is 18.4 Å². The van der Waals surface area contributed by atoms with Crippen LogP contribution < -0.4 is 10.5 Å². The molecule has 3 N–H and O–H groups in total. The summed E-state index contributed by atoms with van der Waals surface area (Å²) in [6.07, 6.45) is 0. The third kappa shape index (κ3) is 3.80. The van der Waals surface area contributed by atoms with Gasteiger partial charge in [0.15, 0.2) is 0 Å². The average Bonchev–Trinajstić information content (AvgIpc) is 2.28. The summed E-state index contributed by atoms with van der Waals surface area (Å²) >= 11 is 0. The molecular weight excluding hydrogens is 256 g/mol. The molecule has 18 heavy (non-hydrogen) atoms. The SMILES string of the molecule is CCNC(=O)c1cc(COC)cc(S(N)(=O)=O)c1. The van der Waals surface area contributed by atoms with Crippen molar-refractivity contribution < 1.29 is 17.9 Å². The number of amides is 1. The van der Waals surface area contributed by atoms with Gasteiger partial charge in [-0.25, -0.2) is 13.6 Å². The van der Waals surface area contributed by atoms with E-state index in [9.17, 15) is 13.2 Å². The zero-order valence-corrected chi connectivity index (χ0v) is 11.1. The summed E-state index contributed by atoms with van der Waals surface area (Å²) in [4.78, 5) is 11.6. The minimum Gasteiger partial charge on any atom is -0.380 e. The Labute approximate surface area is 106 Å². The molecule has 1 rings (SSSR count). The first kappa shape index (κ1) is 14.6. The fraction of sp³-hybridized carbons (Fsp3) is 0.364. The number of ether oxygens (including phenoxy) is 1. The zero-order chi connectivity index (χ0) is 13.8. The van der Waals surface area contributed by atoms with Gasteiger partial charge in [-0.3, -0.25) is 4.79 Å². The molecule has 0 spiro atoms. The molecule has 0 aliphatic rings. The number of methoxy groups -OCH3 is 1. The van der Waals surface area contributed by atoms with E-state index in [1.165, 1.54) is 19.2 Å². The second-order valence-electron chi connectivity index (χ2n) is 3.70. The van der Waals surface area contributed by atoms with Crippen molar-refractivity contribution in [2.24, 2.45) is 5.14 Å². The first-order valence-electron chi connectivity index (χ1n) is 5.32. The average molecular weight is 272 g/mol. The van der Waals surface area contributed by atoms with Crippen LogP contribution in [0, 0.1) is 0 Å². The molecule has 1 aromatic rings. The number of primary sulfonamides is 1. The fourth-order valence-electron chi connectivity index (χ4n) is 1.47. The number of hydrogen-bond acceptors (Lipinski definition) is 4. The molecule has 0 aliphatic carbocycles. The van der Waals surface area contributed by atoms with Crippen LogP contribution >= 0.6 is 0 Å². The van der Waals surface area contributed by atoms with E-state index in [1.807, 2.05) is 0 Å². The van der Waals surface area contributed by atoms with E-state index in [-0.39, 0.29) is 23.0 Å². The zero-order valence-electron chi connectivity index (χ0n) is 10.3. The van der Waals surface area contributed by atoms with Gasteiger partial charge in [0.1, 0.15) is 0 Å². The second kappa shape index (κ2) is 5.94. The lowest BCUT2D eigenvalue weighted by molar-refractivity contribution is 0.0955. The van der Waals surface area contributed by atoms with Crippen molar-refractivity contribution in [3.05, 3.63) is 29.3 Å². The van der Waals surface area contributed by atoms with Crippen LogP contribution in [0.4, 0.5) is 0 Å². The second-order valence-corrected chi connectivity index (χ2v) is 5.26. The van der Waals surface area contributed by atoms with Gasteiger partial charge in [-0.15, -0.1) is 0 Å². The molecule has 0 saturated heterocycles. The van der Waals surface area contributed by atoms with E-state index in [0.717, 1.165) is 0 Å². The summed E-state index contributed by atoms with van der Waals surface area (Å²) < 4.78 is 27.6. The summed E-state index contributed by atoms with van der Waals surface area (Å²) in [7, 11) is -2.37. The number of carbonyl (C=O) groups excluding carboxylic acids is 1. The highest BCUT2D eigenvalue weighted by molar-refractivity contribution is 7.89. The number of sulfonamides is 1. The molecule has 100 valence electrons. The molecular formula is C11H16N2O4S. The van der Waals surface area contributed by atoms with E-state index < -0.39 is 10.0 Å². The van der Waals surface area contributed by atoms with E-state index in [4.69, 9.17) is 9.88 Å². The molecule has 1 aromatic carbocycles. The van der Waals surface area contributed by atoms with Crippen molar-refractivity contribution in [3.63, 3.8) is 0 Å². The first-order chi connectivity index (χ1) is 8.38. The lowest BCUT2D eigenvalue weighted by atomic mass is 10.1. The summed E-state index contributed by atoms with van der Waals surface area (Å²) in [5, 5.41) is 7.66. The Kier molecular flexibility index (Phi) is 4.83. The molecule has 0 bridgehead atoms. The Morgan fingerprint density at radius 1 is 1.39 bits per heavy atom. The highest BCUT2D eigenvalue weighted by Gasteiger charge is 2.14. The van der Waals surface area contributed by atoms with Gasteiger partial charge in [0, 0.05) is 19.2 Å². The van der Waals surface area contributed by atoms with Gasteiger partial charge >= 0.3 is 0 Å². The van der Waals surface area contributed by atoms with Crippen LogP contribution in [0.2, 0.25) is 0 Å². The van der Waals surface area contributed by atoms with Crippen molar-refractivity contribution >= 4 is 15.9 Å². The van der Waals surface area contributed by atoms with Gasteiger partial charge in [0.2, 0.25) is 10.0 Å². The number of nitrogens with one attached hydrogen (secondary N) is 1. The maximum atomic E-state index is 11.7. The summed E-state index contributed by atoms with van der Waals surface area (Å²) in [6.45, 7) is 2.44. The minimum absolute atomic E-state index is 0.0988. The first-order valence-corrected chi connectivity index (χ1v) is 6.87. The smallest absolute Gasteiger partial charge is 0.251 e. The largest absolute Gasteiger partial charge is 0.380 e. The van der Waals surface area contributed by atoms with Gasteiger partial charge in [-0.1, -0.05) is 0 Å². The van der Waals surface area contributed by atoms with E-state index in [2.05, 4.69) is 5.32 Å². The maximum absolute atomic E-state index is 11.7. The summed E-state index contributed by atoms with van der Waals surface area (Å²) in [6, 6.07) is 4.21. The van der Waals surface area contributed by atoms with Crippen LogP contribution in [-0.2, 0) is 21.4 Å². The monoisotopic (exact) mass is 272 g/mol. The van der Waals surface area contributed by atoms with E-state index >= 15 is 0 Å². The van der Waals surface area contributed by atoms with Crippen LogP contribution in [0.15, 0.2) is 23.1 Å². The molecule has 0 saturated carbocycles. The third-order valence-electron chi connectivity index (χ3n) is 2.21. The number of carbonyl (C=O) groups is 1. The predicted molar refractivity (Wildman–Crippen MR) is 66.5 cm³/mol. The van der Waals surface area contributed by atoms with Crippen LogP contribution in [0.3, 0.4) is 0 Å². The standard InChI is InChI=1S/C11H16N2O4S/c1-3-13-11(14)9-4-8(7-17-2)5-10(6-9)18(12,15)16/h4-6H,3,7H2,1-2H3,(H,13,14)(H2,12,15,16). The summed E-state index contributed by atoms with van der Waals surface area (Å²) in [5.41, 5.74) is 0.820. The Balaban J connectivity index is 3.26. The van der Waals surface area contributed by atoms with Gasteiger partial charge in [0.25, 0.3) is 5.91 Å². The van der Waals surface area contributed by atoms with Crippen molar-refractivity contribution in [3.8, 4) is 0 Å². The van der Waals surface area contributed by atoms with Crippen LogP contribution in [0.5, 0.6) is 0 Å². The fourth-order valence-corrected chi connectivity index (χ4v) is 2.08. The Hall–Kier alpha value is -1.44. The molecule has 0 heterocycles. The van der Waals surface area contributed by atoms with Crippen LogP contribution in [0.25, 0.3) is 0 Å². The van der Waals surface area contributed by atoms with Gasteiger partial charge in [0.05, 0.1) is 11.5 Å². The molecule has 0 atom stereocenters. The van der Waals surface area contributed by atoms with Crippen molar-refractivity contribution in [2.75, 3.05) is 13.7 Å². The number of hydrogen-bond donors (Lipinski definition) is 2. The molecule has 1 amide bonds. The van der Waals surface area contributed by atoms with Crippen LogP contribution in [0.1, 0.15) is 22.8 Å². The van der Waals surface area contributed by atoms with Crippen molar-refractivity contribution in [1.29, 1.82) is 0 Å². The highest BCUT2D eigenvalue weighted by atomic mass is 32.2. The molecule has 7 heteroatoms. The lowest BCUT2D eigenvalue weighted by Gasteiger charge is -2.08. The van der Waals surface area contributed by atoms with Crippen molar-refractivity contribution in [1.82, 2.24) is 5.32 Å². The predicted octanol–water partition coefficient (Wildman–Crippen LogP) is 0.230. The van der Waals surface area contributed by atoms with E-state index in [1.54, 1.807) is 13.0 Å². The third-order valence-corrected chi connectivity index (χ3v) is 3.10. The number of nitrogens with two attached hydrogens (primary N) is 1. The molecule has 0 aromatic heterocycles. The normalized spacial score (nSPS) is 11.3. The molecule has 6 nitrogen and oxygen atoms in total. The Morgan fingerprint density at radius 3 is 2.56 bits per heavy atom. The molecule has 0 fully saturated rings. The van der Waals surface area contributed by atoms with E-state index in [0.29, 0.717) is 12.1 Å². The summed E-state index contributed by atoms with van der Waals surface area (Å²) in [5.74, 6) is -0.347. The van der Waals surface area contributed by atoms with Crippen LogP contribution in [-0.4, -0.2) is 28.0 Å². The molecule has 0 radical (unpaired) electrons. The lowest BCUT2D eigenvalue weighted by Crippen LogP contribution is -2.23. The molecule has 0 aliphatic heterocycles. The minimum atomic E-state index is -3.85. The van der Waals surface area contributed by atoms with Gasteiger partial charge in [-0.05, 0) is 30.7 Å². The quantitative estimate of drug-likeness (QED) is 0.801. The highest BCUT2D eigenvalue weighted by Crippen LogP contribution is 2.15. The topological polar surface area (TPSA) is 98.5 Å².